The molecule has 0 radical (unpaired) electrons. The second-order valence-corrected chi connectivity index (χ2v) is 4.85. The lowest BCUT2D eigenvalue weighted by Crippen LogP contribution is -2.11. The number of aryl methyl sites for hydroxylation is 2. The van der Waals surface area contributed by atoms with Crippen molar-refractivity contribution in [2.45, 2.75) is 32.0 Å². The number of fused-ring (bicyclic) bond motifs is 1. The second kappa shape index (κ2) is 5.99. The Labute approximate surface area is 118 Å². The molecule has 0 saturated carbocycles. The molecule has 1 aromatic heterocycles. The molecule has 1 aromatic carbocycles. The van der Waals surface area contributed by atoms with Gasteiger partial charge in [0.1, 0.15) is 11.6 Å². The van der Waals surface area contributed by atoms with Crippen LogP contribution in [0.2, 0.25) is 0 Å². The smallest absolute Gasteiger partial charge is 0.328 e. The van der Waals surface area contributed by atoms with Crippen LogP contribution in [-0.2, 0) is 13.0 Å². The topological polar surface area (TPSA) is 17.8 Å². The van der Waals surface area contributed by atoms with E-state index >= 15 is 0 Å². The summed E-state index contributed by atoms with van der Waals surface area (Å²) in [5, 5.41) is 0. The van der Waals surface area contributed by atoms with Gasteiger partial charge in [0, 0.05) is 31.3 Å². The molecule has 0 aliphatic rings. The van der Waals surface area contributed by atoms with Crippen LogP contribution in [0.3, 0.4) is 0 Å². The van der Waals surface area contributed by atoms with Crippen molar-refractivity contribution in [3.8, 4) is 0 Å². The summed E-state index contributed by atoms with van der Waals surface area (Å²) in [4.78, 5) is 4.24. The lowest BCUT2D eigenvalue weighted by molar-refractivity contribution is -0.135. The highest BCUT2D eigenvalue weighted by atomic mass is 35.5. The summed E-state index contributed by atoms with van der Waals surface area (Å²) >= 11 is 5.67. The molecule has 0 amide bonds. The molecule has 20 heavy (non-hydrogen) atoms. The fourth-order valence-corrected chi connectivity index (χ4v) is 2.28. The molecule has 0 bridgehead atoms. The minimum Gasteiger partial charge on any atom is -0.328 e. The van der Waals surface area contributed by atoms with Crippen LogP contribution in [0, 0.1) is 5.82 Å². The van der Waals surface area contributed by atoms with Gasteiger partial charge < -0.3 is 4.57 Å². The number of halogens is 5. The maximum absolute atomic E-state index is 13.1. The van der Waals surface area contributed by atoms with E-state index in [2.05, 4.69) is 4.98 Å². The Kier molecular flexibility index (Phi) is 4.52. The van der Waals surface area contributed by atoms with Crippen molar-refractivity contribution < 1.29 is 17.6 Å². The molecule has 2 rings (SSSR count). The predicted octanol–water partition coefficient (Wildman–Crippen LogP) is 4.30. The van der Waals surface area contributed by atoms with E-state index in [9.17, 15) is 17.6 Å². The third kappa shape index (κ3) is 3.62. The van der Waals surface area contributed by atoms with E-state index in [-0.39, 0.29) is 13.0 Å². The number of rotatable bonds is 5. The summed E-state index contributed by atoms with van der Waals surface area (Å²) in [5.74, 6) is 0.475. The molecule has 0 aliphatic carbocycles. The zero-order chi connectivity index (χ0) is 14.8. The molecule has 2 aromatic rings. The third-order valence-corrected chi connectivity index (χ3v) is 3.14. The Morgan fingerprint density at radius 1 is 1.25 bits per heavy atom. The van der Waals surface area contributed by atoms with Crippen LogP contribution in [0.4, 0.5) is 17.6 Å². The molecule has 0 unspecified atom stereocenters. The molecular weight excluding hydrogens is 296 g/mol. The van der Waals surface area contributed by atoms with E-state index in [1.54, 1.807) is 4.57 Å². The number of aromatic nitrogens is 2. The van der Waals surface area contributed by atoms with Crippen molar-refractivity contribution in [3.63, 3.8) is 0 Å². The number of imidazole rings is 1. The van der Waals surface area contributed by atoms with Crippen LogP contribution < -0.4 is 0 Å². The van der Waals surface area contributed by atoms with Crippen molar-refractivity contribution in [2.75, 3.05) is 5.88 Å². The maximum Gasteiger partial charge on any atom is 0.389 e. The Hall–Kier alpha value is -1.30. The zero-order valence-corrected chi connectivity index (χ0v) is 11.3. The van der Waals surface area contributed by atoms with Gasteiger partial charge in [-0.3, -0.25) is 0 Å². The summed E-state index contributed by atoms with van der Waals surface area (Å²) in [6, 6.07) is 4.07. The number of alkyl halides is 4. The second-order valence-electron chi connectivity index (χ2n) is 4.47. The van der Waals surface area contributed by atoms with Crippen molar-refractivity contribution in [1.29, 1.82) is 0 Å². The zero-order valence-electron chi connectivity index (χ0n) is 10.6. The highest BCUT2D eigenvalue weighted by Crippen LogP contribution is 2.24. The van der Waals surface area contributed by atoms with E-state index in [1.165, 1.54) is 18.2 Å². The average molecular weight is 309 g/mol. The van der Waals surface area contributed by atoms with E-state index in [1.807, 2.05) is 0 Å². The van der Waals surface area contributed by atoms with Crippen LogP contribution in [-0.4, -0.2) is 21.6 Å². The van der Waals surface area contributed by atoms with E-state index < -0.39 is 18.4 Å². The predicted molar refractivity (Wildman–Crippen MR) is 69.4 cm³/mol. The molecule has 7 heteroatoms. The summed E-state index contributed by atoms with van der Waals surface area (Å²) in [5.41, 5.74) is 1.07. The van der Waals surface area contributed by atoms with Gasteiger partial charge in [0.25, 0.3) is 0 Å². The molecule has 0 saturated heterocycles. The van der Waals surface area contributed by atoms with Gasteiger partial charge in [0.2, 0.25) is 0 Å². The lowest BCUT2D eigenvalue weighted by atomic mass is 10.2. The van der Waals surface area contributed by atoms with Crippen LogP contribution >= 0.6 is 11.6 Å². The van der Waals surface area contributed by atoms with Crippen molar-refractivity contribution >= 4 is 22.6 Å². The third-order valence-electron chi connectivity index (χ3n) is 2.95. The minimum absolute atomic E-state index is 0.0401. The van der Waals surface area contributed by atoms with Crippen molar-refractivity contribution in [1.82, 2.24) is 9.55 Å². The SMILES string of the molecule is Fc1ccc2c(c1)nc(CCCl)n2CCCC(F)(F)F. The molecule has 0 N–H and O–H groups in total. The molecule has 0 aliphatic heterocycles. The number of nitrogens with zero attached hydrogens (tertiary/aromatic N) is 2. The minimum atomic E-state index is -4.17. The summed E-state index contributed by atoms with van der Waals surface area (Å²) in [6.07, 6.45) is -4.63. The van der Waals surface area contributed by atoms with Gasteiger partial charge >= 0.3 is 6.18 Å². The summed E-state index contributed by atoms with van der Waals surface area (Å²) in [7, 11) is 0. The number of hydrogen-bond donors (Lipinski definition) is 0. The summed E-state index contributed by atoms with van der Waals surface area (Å²) < 4.78 is 51.4. The molecular formula is C13H13ClF4N2. The van der Waals surface area contributed by atoms with Gasteiger partial charge in [-0.25, -0.2) is 9.37 Å². The quantitative estimate of drug-likeness (QED) is 0.595. The normalized spacial score (nSPS) is 12.2. The Bertz CT molecular complexity index is 592. The molecule has 0 spiro atoms. The fraction of sp³-hybridized carbons (Fsp3) is 0.462. The van der Waals surface area contributed by atoms with Crippen LogP contribution in [0.15, 0.2) is 18.2 Å². The van der Waals surface area contributed by atoms with E-state index in [0.29, 0.717) is 29.2 Å². The first-order valence-electron chi connectivity index (χ1n) is 6.18. The molecule has 110 valence electrons. The highest BCUT2D eigenvalue weighted by molar-refractivity contribution is 6.17. The average Bonchev–Trinajstić information content (AvgIpc) is 2.65. The monoisotopic (exact) mass is 308 g/mol. The van der Waals surface area contributed by atoms with E-state index in [0.717, 1.165) is 0 Å². The summed E-state index contributed by atoms with van der Waals surface area (Å²) in [6.45, 7) is 0.188. The highest BCUT2D eigenvalue weighted by Gasteiger charge is 2.26. The first-order valence-corrected chi connectivity index (χ1v) is 6.71. The van der Waals surface area contributed by atoms with Crippen LogP contribution in [0.1, 0.15) is 18.7 Å². The number of benzene rings is 1. The van der Waals surface area contributed by atoms with Crippen LogP contribution in [0.5, 0.6) is 0 Å². The first-order chi connectivity index (χ1) is 9.40. The molecule has 0 fully saturated rings. The Morgan fingerprint density at radius 3 is 2.65 bits per heavy atom. The number of hydrogen-bond acceptors (Lipinski definition) is 1. The van der Waals surface area contributed by atoms with Crippen molar-refractivity contribution in [2.24, 2.45) is 0 Å². The Morgan fingerprint density at radius 2 is 2.00 bits per heavy atom. The molecule has 0 atom stereocenters. The van der Waals surface area contributed by atoms with Gasteiger partial charge in [-0.05, 0) is 18.6 Å². The molecule has 2 nitrogen and oxygen atoms in total. The van der Waals surface area contributed by atoms with Crippen molar-refractivity contribution in [3.05, 3.63) is 29.8 Å². The molecule has 1 heterocycles. The largest absolute Gasteiger partial charge is 0.389 e. The van der Waals surface area contributed by atoms with Crippen LogP contribution in [0.25, 0.3) is 11.0 Å². The van der Waals surface area contributed by atoms with E-state index in [4.69, 9.17) is 11.6 Å². The first kappa shape index (κ1) is 15.1. The van der Waals surface area contributed by atoms with Gasteiger partial charge in [-0.15, -0.1) is 11.6 Å². The van der Waals surface area contributed by atoms with Gasteiger partial charge in [0.05, 0.1) is 11.0 Å². The van der Waals surface area contributed by atoms with Gasteiger partial charge in [-0.1, -0.05) is 0 Å². The maximum atomic E-state index is 13.1. The lowest BCUT2D eigenvalue weighted by Gasteiger charge is -2.10. The standard InChI is InChI=1S/C13H13ClF4N2/c14-6-4-12-19-10-8-9(15)2-3-11(10)20(12)7-1-5-13(16,17)18/h2-3,8H,1,4-7H2. The fourth-order valence-electron chi connectivity index (χ4n) is 2.12. The Balaban J connectivity index is 2.26. The van der Waals surface area contributed by atoms with Gasteiger partial charge in [-0.2, -0.15) is 13.2 Å². The van der Waals surface area contributed by atoms with Gasteiger partial charge in [0.15, 0.2) is 0 Å².